The van der Waals surface area contributed by atoms with Gasteiger partial charge >= 0.3 is 0 Å². The Bertz CT molecular complexity index is 688. The molecule has 3 rings (SSSR count). The van der Waals surface area contributed by atoms with E-state index in [2.05, 4.69) is 10.3 Å². The first-order valence-electron chi connectivity index (χ1n) is 7.85. The van der Waals surface area contributed by atoms with Crippen molar-refractivity contribution >= 4 is 11.6 Å². The molecule has 0 radical (unpaired) electrons. The molecule has 0 aliphatic carbocycles. The number of carbonyl (C=O) groups excluding carboxylic acids is 1. The minimum Gasteiger partial charge on any atom is -0.364 e. The minimum absolute atomic E-state index is 0.00463. The Kier molecular flexibility index (Phi) is 4.69. The molecule has 3 N–H and O–H groups in total. The molecular weight excluding hydrogens is 290 g/mol. The van der Waals surface area contributed by atoms with E-state index >= 15 is 0 Å². The van der Waals surface area contributed by atoms with Gasteiger partial charge < -0.3 is 15.8 Å². The second kappa shape index (κ2) is 6.89. The monoisotopic (exact) mass is 311 g/mol. The number of pyridine rings is 1. The molecule has 1 aromatic carbocycles. The maximum atomic E-state index is 12.4. The van der Waals surface area contributed by atoms with Gasteiger partial charge in [-0.1, -0.05) is 12.1 Å². The zero-order chi connectivity index (χ0) is 16.2. The van der Waals surface area contributed by atoms with Crippen LogP contribution in [0.5, 0.6) is 0 Å². The molecule has 120 valence electrons. The number of anilines is 1. The zero-order valence-electron chi connectivity index (χ0n) is 13.2. The average molecular weight is 311 g/mol. The van der Waals surface area contributed by atoms with E-state index in [9.17, 15) is 4.79 Å². The van der Waals surface area contributed by atoms with Crippen LogP contribution in [0, 0.1) is 6.92 Å². The first-order valence-corrected chi connectivity index (χ1v) is 7.85. The second-order valence-electron chi connectivity index (χ2n) is 5.81. The van der Waals surface area contributed by atoms with Gasteiger partial charge in [-0.2, -0.15) is 0 Å². The van der Waals surface area contributed by atoms with Crippen LogP contribution in [0.3, 0.4) is 0 Å². The SMILES string of the molecule is Cc1ccc(-c2ccncc2)cc1NC(=O)[C@@H]1CC[C@H](CN)O1. The third-order valence-corrected chi connectivity index (χ3v) is 4.17. The molecule has 1 amide bonds. The summed E-state index contributed by atoms with van der Waals surface area (Å²) in [6.45, 7) is 2.43. The molecule has 1 aliphatic heterocycles. The number of ether oxygens (including phenoxy) is 1. The molecule has 1 saturated heterocycles. The number of nitrogens with one attached hydrogen (secondary N) is 1. The van der Waals surface area contributed by atoms with Crippen molar-refractivity contribution in [3.05, 3.63) is 48.3 Å². The molecule has 0 saturated carbocycles. The first kappa shape index (κ1) is 15.6. The summed E-state index contributed by atoms with van der Waals surface area (Å²) in [4.78, 5) is 16.4. The third-order valence-electron chi connectivity index (χ3n) is 4.17. The van der Waals surface area contributed by atoms with Gasteiger partial charge in [-0.05, 0) is 54.7 Å². The molecular formula is C18H21N3O2. The molecule has 0 bridgehead atoms. The molecule has 0 unspecified atom stereocenters. The van der Waals surface area contributed by atoms with Crippen LogP contribution in [0.15, 0.2) is 42.7 Å². The Balaban J connectivity index is 1.76. The van der Waals surface area contributed by atoms with Crippen molar-refractivity contribution in [2.24, 2.45) is 5.73 Å². The van der Waals surface area contributed by atoms with Gasteiger partial charge in [-0.3, -0.25) is 9.78 Å². The lowest BCUT2D eigenvalue weighted by Crippen LogP contribution is -2.30. The summed E-state index contributed by atoms with van der Waals surface area (Å²) in [5.74, 6) is -0.101. The van der Waals surface area contributed by atoms with E-state index in [1.54, 1.807) is 12.4 Å². The highest BCUT2D eigenvalue weighted by Crippen LogP contribution is 2.26. The standard InChI is InChI=1S/C18H21N3O2/c1-12-2-3-14(13-6-8-20-9-7-13)10-16(12)21-18(22)17-5-4-15(11-19)23-17/h2-3,6-10,15,17H,4-5,11,19H2,1H3,(H,21,22)/t15-,17+/m1/s1. The quantitative estimate of drug-likeness (QED) is 0.909. The lowest BCUT2D eigenvalue weighted by Gasteiger charge is -2.15. The zero-order valence-corrected chi connectivity index (χ0v) is 13.2. The normalized spacial score (nSPS) is 20.4. The maximum Gasteiger partial charge on any atom is 0.253 e. The van der Waals surface area contributed by atoms with Crippen LogP contribution < -0.4 is 11.1 Å². The number of benzene rings is 1. The van der Waals surface area contributed by atoms with Gasteiger partial charge in [-0.15, -0.1) is 0 Å². The van der Waals surface area contributed by atoms with Gasteiger partial charge in [0.2, 0.25) is 0 Å². The average Bonchev–Trinajstić information content (AvgIpc) is 3.07. The van der Waals surface area contributed by atoms with Crippen LogP contribution >= 0.6 is 0 Å². The second-order valence-corrected chi connectivity index (χ2v) is 5.81. The Labute approximate surface area is 135 Å². The van der Waals surface area contributed by atoms with Crippen LogP contribution in [0.25, 0.3) is 11.1 Å². The van der Waals surface area contributed by atoms with Crippen molar-refractivity contribution < 1.29 is 9.53 Å². The summed E-state index contributed by atoms with van der Waals surface area (Å²) in [6.07, 6.45) is 4.66. The van der Waals surface area contributed by atoms with Crippen molar-refractivity contribution in [2.45, 2.75) is 32.0 Å². The summed E-state index contributed by atoms with van der Waals surface area (Å²) in [5, 5.41) is 2.99. The smallest absolute Gasteiger partial charge is 0.253 e. The van der Waals surface area contributed by atoms with Crippen LogP contribution in [0.4, 0.5) is 5.69 Å². The molecule has 23 heavy (non-hydrogen) atoms. The number of carbonyl (C=O) groups is 1. The number of aryl methyl sites for hydroxylation is 1. The van der Waals surface area contributed by atoms with Crippen LogP contribution in [-0.2, 0) is 9.53 Å². The summed E-state index contributed by atoms with van der Waals surface area (Å²) in [5.41, 5.74) is 9.53. The van der Waals surface area contributed by atoms with Gasteiger partial charge in [0.05, 0.1) is 6.10 Å². The predicted octanol–water partition coefficient (Wildman–Crippen LogP) is 2.50. The van der Waals surface area contributed by atoms with E-state index in [1.165, 1.54) is 0 Å². The van der Waals surface area contributed by atoms with E-state index < -0.39 is 6.10 Å². The number of aromatic nitrogens is 1. The Morgan fingerprint density at radius 1 is 1.26 bits per heavy atom. The van der Waals surface area contributed by atoms with Crippen LogP contribution in [0.2, 0.25) is 0 Å². The van der Waals surface area contributed by atoms with Crippen molar-refractivity contribution in [3.8, 4) is 11.1 Å². The van der Waals surface area contributed by atoms with Crippen LogP contribution in [-0.4, -0.2) is 29.6 Å². The largest absolute Gasteiger partial charge is 0.364 e. The lowest BCUT2D eigenvalue weighted by molar-refractivity contribution is -0.126. The lowest BCUT2D eigenvalue weighted by atomic mass is 10.0. The molecule has 2 atom stereocenters. The van der Waals surface area contributed by atoms with Gasteiger partial charge in [0, 0.05) is 24.6 Å². The van der Waals surface area contributed by atoms with E-state index in [-0.39, 0.29) is 12.0 Å². The summed E-state index contributed by atoms with van der Waals surface area (Å²) in [6, 6.07) is 9.92. The molecule has 1 aliphatic rings. The predicted molar refractivity (Wildman–Crippen MR) is 90.0 cm³/mol. The maximum absolute atomic E-state index is 12.4. The third kappa shape index (κ3) is 3.57. The van der Waals surface area contributed by atoms with E-state index in [4.69, 9.17) is 10.5 Å². The molecule has 5 heteroatoms. The number of nitrogens with zero attached hydrogens (tertiary/aromatic N) is 1. The number of hydrogen-bond acceptors (Lipinski definition) is 4. The van der Waals surface area contributed by atoms with Gasteiger partial charge in [0.1, 0.15) is 6.10 Å². The summed E-state index contributed by atoms with van der Waals surface area (Å²) < 4.78 is 5.65. The number of nitrogens with two attached hydrogens (primary N) is 1. The van der Waals surface area contributed by atoms with E-state index in [0.29, 0.717) is 6.54 Å². The molecule has 1 aromatic heterocycles. The highest BCUT2D eigenvalue weighted by atomic mass is 16.5. The summed E-state index contributed by atoms with van der Waals surface area (Å²) >= 11 is 0. The van der Waals surface area contributed by atoms with Crippen LogP contribution in [0.1, 0.15) is 18.4 Å². The highest BCUT2D eigenvalue weighted by Gasteiger charge is 2.30. The fourth-order valence-corrected chi connectivity index (χ4v) is 2.77. The van der Waals surface area contributed by atoms with Crippen molar-refractivity contribution in [3.63, 3.8) is 0 Å². The molecule has 5 nitrogen and oxygen atoms in total. The molecule has 0 spiro atoms. The van der Waals surface area contributed by atoms with Gasteiger partial charge in [0.25, 0.3) is 5.91 Å². The van der Waals surface area contributed by atoms with Gasteiger partial charge in [0.15, 0.2) is 0 Å². The number of amides is 1. The topological polar surface area (TPSA) is 77.2 Å². The van der Waals surface area contributed by atoms with E-state index in [1.807, 2.05) is 37.3 Å². The van der Waals surface area contributed by atoms with E-state index in [0.717, 1.165) is 35.2 Å². The van der Waals surface area contributed by atoms with Crippen molar-refractivity contribution in [1.82, 2.24) is 4.98 Å². The van der Waals surface area contributed by atoms with Crippen molar-refractivity contribution in [2.75, 3.05) is 11.9 Å². The number of hydrogen-bond donors (Lipinski definition) is 2. The minimum atomic E-state index is -0.410. The Morgan fingerprint density at radius 3 is 2.74 bits per heavy atom. The fourth-order valence-electron chi connectivity index (χ4n) is 2.77. The Morgan fingerprint density at radius 2 is 2.04 bits per heavy atom. The molecule has 1 fully saturated rings. The molecule has 2 heterocycles. The number of rotatable bonds is 4. The highest BCUT2D eigenvalue weighted by molar-refractivity contribution is 5.95. The fraction of sp³-hybridized carbons (Fsp3) is 0.333. The summed E-state index contributed by atoms with van der Waals surface area (Å²) in [7, 11) is 0. The Hall–Kier alpha value is -2.24. The van der Waals surface area contributed by atoms with Gasteiger partial charge in [-0.25, -0.2) is 0 Å². The van der Waals surface area contributed by atoms with Crippen molar-refractivity contribution in [1.29, 1.82) is 0 Å². The first-order chi connectivity index (χ1) is 11.2. The molecule has 2 aromatic rings.